The van der Waals surface area contributed by atoms with Crippen LogP contribution in [0.1, 0.15) is 38.7 Å². The lowest BCUT2D eigenvalue weighted by molar-refractivity contribution is -0.135. The molecular weight excluding hydrogens is 370 g/mol. The van der Waals surface area contributed by atoms with Crippen LogP contribution in [0.3, 0.4) is 0 Å². The van der Waals surface area contributed by atoms with Crippen LogP contribution < -0.4 is 10.9 Å². The molecule has 2 N–H and O–H groups in total. The Balaban J connectivity index is 1.57. The van der Waals surface area contributed by atoms with Crippen LogP contribution in [0.15, 0.2) is 60.8 Å². The maximum absolute atomic E-state index is 13.2. The van der Waals surface area contributed by atoms with E-state index >= 15 is 0 Å². The van der Waals surface area contributed by atoms with Crippen molar-refractivity contribution in [2.45, 2.75) is 38.5 Å². The Kier molecular flexibility index (Phi) is 4.76. The van der Waals surface area contributed by atoms with Gasteiger partial charge < -0.3 is 0 Å². The number of nitrogens with zero attached hydrogens (tertiary/aromatic N) is 1. The predicted octanol–water partition coefficient (Wildman–Crippen LogP) is 5.48. The number of anilines is 1. The van der Waals surface area contributed by atoms with E-state index in [0.29, 0.717) is 5.02 Å². The number of nitrogens with one attached hydrogen (secondary N) is 2. The van der Waals surface area contributed by atoms with Gasteiger partial charge in [-0.25, -0.2) is 0 Å². The average molecular weight is 394 g/mol. The first-order valence-electron chi connectivity index (χ1n) is 9.60. The van der Waals surface area contributed by atoms with Crippen LogP contribution >= 0.6 is 11.6 Å². The zero-order valence-electron chi connectivity index (χ0n) is 16.1. The molecule has 1 fully saturated rings. The highest BCUT2D eigenvalue weighted by molar-refractivity contribution is 6.30. The van der Waals surface area contributed by atoms with Gasteiger partial charge in [0.25, 0.3) is 0 Å². The minimum Gasteiger partial charge on any atom is -0.298 e. The molecule has 0 bridgehead atoms. The van der Waals surface area contributed by atoms with Crippen molar-refractivity contribution in [3.63, 3.8) is 0 Å². The van der Waals surface area contributed by atoms with Gasteiger partial charge in [-0.15, -0.1) is 0 Å². The second kappa shape index (κ2) is 7.10. The molecule has 1 aliphatic carbocycles. The number of hydrogen-bond acceptors (Lipinski definition) is 3. The highest BCUT2D eigenvalue weighted by Crippen LogP contribution is 2.55. The third-order valence-corrected chi connectivity index (χ3v) is 6.58. The molecule has 5 heteroatoms. The van der Waals surface area contributed by atoms with Crippen LogP contribution in [-0.4, -0.2) is 10.9 Å². The highest BCUT2D eigenvalue weighted by Gasteiger charge is 2.54. The van der Waals surface area contributed by atoms with Gasteiger partial charge in [-0.05, 0) is 54.8 Å². The lowest BCUT2D eigenvalue weighted by Crippen LogP contribution is -2.56. The lowest BCUT2D eigenvalue weighted by Gasteiger charge is -2.52. The zero-order valence-corrected chi connectivity index (χ0v) is 16.9. The van der Waals surface area contributed by atoms with Crippen molar-refractivity contribution >= 4 is 34.1 Å². The predicted molar refractivity (Wildman–Crippen MR) is 114 cm³/mol. The molecule has 1 aromatic heterocycles. The van der Waals surface area contributed by atoms with Crippen LogP contribution in [0.2, 0.25) is 5.02 Å². The third-order valence-electron chi connectivity index (χ3n) is 6.32. The Labute approximate surface area is 170 Å². The van der Waals surface area contributed by atoms with Crippen LogP contribution in [0.25, 0.3) is 10.9 Å². The van der Waals surface area contributed by atoms with E-state index in [0.717, 1.165) is 35.9 Å². The first kappa shape index (κ1) is 18.8. The van der Waals surface area contributed by atoms with Gasteiger partial charge in [0.1, 0.15) is 0 Å². The van der Waals surface area contributed by atoms with Crippen molar-refractivity contribution in [3.8, 4) is 0 Å². The summed E-state index contributed by atoms with van der Waals surface area (Å²) in [6.07, 6.45) is 4.88. The molecule has 1 aliphatic rings. The molecule has 2 aromatic carbocycles. The first-order valence-corrected chi connectivity index (χ1v) is 9.98. The number of amides is 1. The lowest BCUT2D eigenvalue weighted by atomic mass is 9.51. The summed E-state index contributed by atoms with van der Waals surface area (Å²) in [5.41, 5.74) is 8.21. The molecule has 4 rings (SSSR count). The summed E-state index contributed by atoms with van der Waals surface area (Å²) in [5, 5.41) is 1.69. The Morgan fingerprint density at radius 3 is 2.50 bits per heavy atom. The average Bonchev–Trinajstić information content (AvgIpc) is 2.66. The van der Waals surface area contributed by atoms with Gasteiger partial charge in [0.15, 0.2) is 0 Å². The fourth-order valence-corrected chi connectivity index (χ4v) is 4.41. The van der Waals surface area contributed by atoms with E-state index in [1.807, 2.05) is 56.3 Å². The van der Waals surface area contributed by atoms with Crippen molar-refractivity contribution < 1.29 is 4.79 Å². The van der Waals surface area contributed by atoms with Crippen molar-refractivity contribution in [1.82, 2.24) is 10.4 Å². The van der Waals surface area contributed by atoms with E-state index in [4.69, 9.17) is 11.6 Å². The van der Waals surface area contributed by atoms with E-state index in [-0.39, 0.29) is 11.3 Å². The number of aromatic nitrogens is 1. The summed E-state index contributed by atoms with van der Waals surface area (Å²) >= 11 is 6.07. The molecule has 0 aliphatic heterocycles. The first-order chi connectivity index (χ1) is 13.4. The van der Waals surface area contributed by atoms with Gasteiger partial charge in [0.2, 0.25) is 5.91 Å². The van der Waals surface area contributed by atoms with Gasteiger partial charge in [-0.2, -0.15) is 0 Å². The molecule has 1 amide bonds. The van der Waals surface area contributed by atoms with Gasteiger partial charge in [0.05, 0.1) is 16.6 Å². The zero-order chi connectivity index (χ0) is 19.8. The maximum Gasteiger partial charge on any atom is 0.244 e. The van der Waals surface area contributed by atoms with Crippen molar-refractivity contribution in [2.75, 3.05) is 5.43 Å². The summed E-state index contributed by atoms with van der Waals surface area (Å²) < 4.78 is 0. The second-order valence-corrected chi connectivity index (χ2v) is 8.46. The summed E-state index contributed by atoms with van der Waals surface area (Å²) in [6.45, 7) is 4.06. The number of hydrazine groups is 1. The SMILES string of the molecule is CC(C)(C(=O)NNc1cccc2ncccc12)C1(c2ccc(Cl)cc2)CCC1. The molecule has 28 heavy (non-hydrogen) atoms. The number of fused-ring (bicyclic) bond motifs is 1. The van der Waals surface area contributed by atoms with Gasteiger partial charge >= 0.3 is 0 Å². The van der Waals surface area contributed by atoms with E-state index in [1.54, 1.807) is 6.20 Å². The molecule has 1 heterocycles. The molecule has 0 saturated heterocycles. The Bertz CT molecular complexity index is 1000. The number of hydrogen-bond donors (Lipinski definition) is 2. The highest BCUT2D eigenvalue weighted by atomic mass is 35.5. The summed E-state index contributed by atoms with van der Waals surface area (Å²) in [4.78, 5) is 17.6. The fraction of sp³-hybridized carbons (Fsp3) is 0.304. The fourth-order valence-electron chi connectivity index (χ4n) is 4.28. The summed E-state index contributed by atoms with van der Waals surface area (Å²) in [6, 6.07) is 17.6. The Morgan fingerprint density at radius 1 is 1.07 bits per heavy atom. The number of halogens is 1. The molecule has 0 spiro atoms. The van der Waals surface area contributed by atoms with Gasteiger partial charge in [0, 0.05) is 22.0 Å². The number of rotatable bonds is 5. The van der Waals surface area contributed by atoms with Gasteiger partial charge in [-0.3, -0.25) is 20.6 Å². The molecule has 0 radical (unpaired) electrons. The molecule has 0 unspecified atom stereocenters. The topological polar surface area (TPSA) is 54.0 Å². The molecule has 0 atom stereocenters. The quantitative estimate of drug-likeness (QED) is 0.564. The maximum atomic E-state index is 13.2. The van der Waals surface area contributed by atoms with Crippen LogP contribution in [0.4, 0.5) is 5.69 Å². The van der Waals surface area contributed by atoms with E-state index < -0.39 is 5.41 Å². The number of carbonyl (C=O) groups is 1. The molecule has 144 valence electrons. The number of benzene rings is 2. The van der Waals surface area contributed by atoms with E-state index in [2.05, 4.69) is 28.0 Å². The second-order valence-electron chi connectivity index (χ2n) is 8.02. The molecule has 3 aromatic rings. The minimum absolute atomic E-state index is 0.0250. The molecular formula is C23H24ClN3O. The van der Waals surface area contributed by atoms with Gasteiger partial charge in [-0.1, -0.05) is 50.1 Å². The van der Waals surface area contributed by atoms with E-state index in [9.17, 15) is 4.79 Å². The van der Waals surface area contributed by atoms with E-state index in [1.165, 1.54) is 5.56 Å². The molecule has 1 saturated carbocycles. The summed E-state index contributed by atoms with van der Waals surface area (Å²) in [7, 11) is 0. The molecule has 4 nitrogen and oxygen atoms in total. The largest absolute Gasteiger partial charge is 0.298 e. The normalized spacial score (nSPS) is 15.7. The number of carbonyl (C=O) groups excluding carboxylic acids is 1. The van der Waals surface area contributed by atoms with Crippen molar-refractivity contribution in [3.05, 3.63) is 71.4 Å². The standard InChI is InChI=1S/C23H24ClN3O/c1-22(2,23(13-5-14-23)16-9-11-17(24)12-10-16)21(28)27-26-20-8-3-7-19-18(20)6-4-15-25-19/h3-4,6-12,15,26H,5,13-14H2,1-2H3,(H,27,28). The van der Waals surface area contributed by atoms with Crippen LogP contribution in [0, 0.1) is 5.41 Å². The van der Waals surface area contributed by atoms with Crippen molar-refractivity contribution in [1.29, 1.82) is 0 Å². The Hall–Kier alpha value is -2.59. The third kappa shape index (κ3) is 3.02. The van der Waals surface area contributed by atoms with Crippen molar-refractivity contribution in [2.24, 2.45) is 5.41 Å². The smallest absolute Gasteiger partial charge is 0.244 e. The minimum atomic E-state index is -0.574. The van der Waals surface area contributed by atoms with Crippen LogP contribution in [0.5, 0.6) is 0 Å². The Morgan fingerprint density at radius 2 is 1.82 bits per heavy atom. The number of pyridine rings is 1. The monoisotopic (exact) mass is 393 g/mol. The summed E-state index contributed by atoms with van der Waals surface area (Å²) in [5.74, 6) is -0.0250. The van der Waals surface area contributed by atoms with Crippen LogP contribution in [-0.2, 0) is 10.2 Å².